The number of phenols is 3. The molecule has 6 aromatic carbocycles. The number of hydrogen-bond acceptors (Lipinski definition) is 26. The van der Waals surface area contributed by atoms with Gasteiger partial charge >= 0.3 is 0 Å². The van der Waals surface area contributed by atoms with Crippen LogP contribution in [0, 0.1) is 6.92 Å². The number of alkyl halides is 3. The van der Waals surface area contributed by atoms with E-state index >= 15 is 0 Å². The van der Waals surface area contributed by atoms with Crippen LogP contribution in [0.25, 0.3) is 60.6 Å². The van der Waals surface area contributed by atoms with Gasteiger partial charge in [0.15, 0.2) is 11.5 Å². The van der Waals surface area contributed by atoms with E-state index in [1.807, 2.05) is 106 Å². The van der Waals surface area contributed by atoms with E-state index in [4.69, 9.17) is 53.8 Å². The minimum atomic E-state index is -0.248. The van der Waals surface area contributed by atoms with Crippen molar-refractivity contribution >= 4 is 130 Å². The molecule has 17 N–H and O–H groups in total. The maximum atomic E-state index is 13.6. The quantitative estimate of drug-likeness (QED) is 0.0355. The van der Waals surface area contributed by atoms with E-state index in [-0.39, 0.29) is 103 Å². The molecule has 3 radical (unpaired) electrons. The maximum absolute atomic E-state index is 13.6. The fourth-order valence-electron chi connectivity index (χ4n) is 16.3. The fourth-order valence-corrected chi connectivity index (χ4v) is 17.1. The number of halogens is 3. The van der Waals surface area contributed by atoms with Crippen molar-refractivity contribution in [1.29, 1.82) is 0 Å². The molecule has 17 rings (SSSR count). The average Bonchev–Trinajstić information content (AvgIpc) is 1.60. The van der Waals surface area contributed by atoms with Crippen LogP contribution in [0.2, 0.25) is 0 Å². The molecule has 3 unspecified atom stereocenters. The number of phenolic OH excluding ortho intramolecular Hbond substituents is 3. The van der Waals surface area contributed by atoms with Gasteiger partial charge in [-0.2, -0.15) is 0 Å². The molecule has 6 aliphatic rings. The van der Waals surface area contributed by atoms with Crippen LogP contribution in [0.15, 0.2) is 140 Å². The van der Waals surface area contributed by atoms with E-state index in [0.29, 0.717) is 112 Å². The van der Waals surface area contributed by atoms with Crippen LogP contribution in [0.5, 0.6) is 40.2 Å². The first kappa shape index (κ1) is 121. The summed E-state index contributed by atoms with van der Waals surface area (Å²) >= 11 is 18.8. The van der Waals surface area contributed by atoms with Crippen LogP contribution in [0.1, 0.15) is 127 Å². The van der Waals surface area contributed by atoms with Gasteiger partial charge in [-0.05, 0) is 110 Å². The summed E-state index contributed by atoms with van der Waals surface area (Å²) in [5.74, 6) is 2.75. The van der Waals surface area contributed by atoms with Gasteiger partial charge in [0, 0.05) is 344 Å². The van der Waals surface area contributed by atoms with Gasteiger partial charge in [0.1, 0.15) is 57.5 Å². The van der Waals surface area contributed by atoms with Gasteiger partial charge in [-0.1, -0.05) is 103 Å². The molecule has 141 heavy (non-hydrogen) atoms. The largest absolute Gasteiger partial charge is 0.506 e. The molecule has 0 spiro atoms. The number of fused-ring (bicyclic) bond motifs is 11. The summed E-state index contributed by atoms with van der Waals surface area (Å²) in [6.45, 7) is 43.3. The summed E-state index contributed by atoms with van der Waals surface area (Å²) in [5, 5.41) is 76.0. The molecule has 5 aromatic heterocycles. The first-order chi connectivity index (χ1) is 67.3. The number of carbonyl (C=O) groups excluding carboxylic acids is 3. The van der Waals surface area contributed by atoms with Crippen molar-refractivity contribution in [3.05, 3.63) is 179 Å². The van der Waals surface area contributed by atoms with E-state index in [0.717, 1.165) is 230 Å². The number of nitrogens with zero attached hydrogens (tertiary/aromatic N) is 7. The third-order valence-corrected chi connectivity index (χ3v) is 23.9. The number of aryl methyl sites for hydroxylation is 1. The van der Waals surface area contributed by atoms with E-state index in [1.165, 1.54) is 33.5 Å². The molecule has 0 aliphatic carbocycles. The van der Waals surface area contributed by atoms with Gasteiger partial charge in [-0.15, -0.1) is 34.8 Å². The molecule has 11 heterocycles. The van der Waals surface area contributed by atoms with E-state index in [9.17, 15) is 29.7 Å². The Bertz CT molecular complexity index is 5370. The van der Waals surface area contributed by atoms with Crippen LogP contribution in [0.4, 0.5) is 17.1 Å². The molecule has 3 amide bonds. The topological polar surface area (TPSA) is 376 Å². The minimum absolute atomic E-state index is 0. The van der Waals surface area contributed by atoms with Crippen molar-refractivity contribution in [3.8, 4) is 40.2 Å². The number of anilines is 3. The second-order valence-corrected chi connectivity index (χ2v) is 35.2. The zero-order chi connectivity index (χ0) is 98.9. The first-order valence-electron chi connectivity index (χ1n) is 48.7. The number of aromatic nitrogens is 5. The smallest absolute Gasteiger partial charge is 0.274 e. The number of aromatic amines is 2. The van der Waals surface area contributed by atoms with Crippen LogP contribution < -0.4 is 97.4 Å². The molecule has 11 aromatic rings. The zero-order valence-electron chi connectivity index (χ0n) is 83.8. The minimum Gasteiger partial charge on any atom is -0.506 e. The Morgan fingerprint density at radius 2 is 0.759 bits per heavy atom. The van der Waals surface area contributed by atoms with Crippen molar-refractivity contribution in [2.45, 2.75) is 85.5 Å². The molecule has 37 heteroatoms. The molecule has 0 bridgehead atoms. The third-order valence-electron chi connectivity index (χ3n) is 22.8. The van der Waals surface area contributed by atoms with Gasteiger partial charge < -0.3 is 128 Å². The van der Waals surface area contributed by atoms with Crippen molar-refractivity contribution in [2.24, 2.45) is 0 Å². The number of hydrogen-bond donors (Lipinski definition) is 17. The fraction of sp³-hybridized carbons (Fsp3) is 0.481. The van der Waals surface area contributed by atoms with Gasteiger partial charge in [0.05, 0.1) is 43.9 Å². The number of likely N-dealkylation sites (N-methyl/N-ethyl adjacent to an activating group) is 1. The molecule has 3 saturated heterocycles. The predicted molar refractivity (Wildman–Crippen MR) is 569 cm³/mol. The standard InChI is InChI=1S/C25H26ClN3O3.C24H22ClN3O5.C22H18ClN3O2.3C8H20N4.3C3H8.3Co/c1-28(2)12-13-32-19-8-5-17(6-9-19)7-10-23(31)29-16-18(15-26)24-20-4-3-11-27-25(20)22(30)14-21(24)29;1-31-18-8-12-7-15(27-20(12)23(33-3)22(18)32-2)24(30)28-11-13(10-25)19-14-5-4-6-26-21(14)17(29)9-16(19)28;1-12-4-5-16-13(7-12)8-17(25-16)22(28)26-11-14(10-23)20-15-3-2-6-24-21(15)19(27)9-18(20)26;3*1-2-10-5-6-12-8-7-11-4-3-9-1;3*1-3-2;;;/h3-11,14,18,30H,12-13,15-16H2,1-2H3;4-9,13,27,29H,10-11H2,1-3H3;2-9,14,25,27H,10-11H2,1H3;3*9-12H,1-8H2;3*3H2,1-2H3;;;/b10-7+;;;;;;;;;;;. The molecule has 3 fully saturated rings. The molecule has 3 atom stereocenters. The maximum Gasteiger partial charge on any atom is 0.274 e. The number of carbonyl (C=O) groups is 3. The number of nitrogens with one attached hydrogen (secondary N) is 14. The number of amides is 3. The van der Waals surface area contributed by atoms with E-state index in [2.05, 4.69) is 135 Å². The number of H-pyrrole nitrogens is 2. The van der Waals surface area contributed by atoms with Gasteiger partial charge in [0.2, 0.25) is 5.75 Å². The Balaban J connectivity index is 0.000000265. The Morgan fingerprint density at radius 3 is 1.09 bits per heavy atom. The van der Waals surface area contributed by atoms with Crippen LogP contribution >= 0.6 is 34.8 Å². The Morgan fingerprint density at radius 1 is 0.426 bits per heavy atom. The summed E-state index contributed by atoms with van der Waals surface area (Å²) < 4.78 is 22.1. The Labute approximate surface area is 878 Å². The summed E-state index contributed by atoms with van der Waals surface area (Å²) in [6.07, 6.45) is 12.0. The SMILES string of the molecule is C1CNCCNCCNCCN1.C1CNCCNCCNCCN1.C1CNCCNCCNCCN1.CCC.CCC.CCC.CN(C)CCOc1ccc(/C=C/C(=O)N2CC(CCl)c3c2cc(O)c2ncccc32)cc1.COc1cc2cc(C(=O)N3CC(CCl)c4c3cc(O)c3ncccc43)[nH]c2c(OC)c1OC.Cc1ccc2[nH]c(C(=O)N3CC(CCl)c4c3cc(O)c3ncccc43)cc2c1.[Co].[Co].[Co]. The molecule has 6 aliphatic heterocycles. The molecule has 0 saturated carbocycles. The van der Waals surface area contributed by atoms with Crippen molar-refractivity contribution < 1.29 is 99.0 Å². The zero-order valence-corrected chi connectivity index (χ0v) is 89.2. The summed E-state index contributed by atoms with van der Waals surface area (Å²) in [4.78, 5) is 66.3. The average molecular weight is 2140 g/mol. The predicted octanol–water partition coefficient (Wildman–Crippen LogP) is 12.7. The van der Waals surface area contributed by atoms with Crippen molar-refractivity contribution in [2.75, 3.05) is 258 Å². The van der Waals surface area contributed by atoms with Crippen molar-refractivity contribution in [3.63, 3.8) is 0 Å². The van der Waals surface area contributed by atoms with Gasteiger partial charge in [-0.3, -0.25) is 29.3 Å². The summed E-state index contributed by atoms with van der Waals surface area (Å²) in [7, 11) is 8.61. The Hall–Kier alpha value is -8.75. The molecule has 31 nitrogen and oxygen atoms in total. The first-order valence-corrected chi connectivity index (χ1v) is 50.3. The monoisotopic (exact) mass is 2130 g/mol. The molecule has 779 valence electrons. The van der Waals surface area contributed by atoms with Gasteiger partial charge in [0.25, 0.3) is 17.7 Å². The summed E-state index contributed by atoms with van der Waals surface area (Å²) in [6, 6.07) is 35.1. The second kappa shape index (κ2) is 67.0. The third kappa shape index (κ3) is 36.2. The second-order valence-electron chi connectivity index (χ2n) is 34.3. The molecular weight excluding hydrogens is 1990 g/mol. The summed E-state index contributed by atoms with van der Waals surface area (Å²) in [5.41, 5.74) is 10.9. The van der Waals surface area contributed by atoms with Crippen LogP contribution in [-0.2, 0) is 55.1 Å². The molecular formula is C104H150Cl3Co3N21O10. The number of rotatable bonds is 14. The van der Waals surface area contributed by atoms with Crippen molar-refractivity contribution in [1.82, 2.24) is 93.6 Å². The van der Waals surface area contributed by atoms with Crippen LogP contribution in [-0.4, -0.2) is 306 Å². The van der Waals surface area contributed by atoms with Crippen LogP contribution in [0.3, 0.4) is 0 Å². The number of pyridine rings is 3. The number of methoxy groups -OCH3 is 3. The van der Waals surface area contributed by atoms with Gasteiger partial charge in [-0.25, -0.2) is 0 Å². The number of aromatic hydroxyl groups is 3. The van der Waals surface area contributed by atoms with E-state index in [1.54, 1.807) is 82.9 Å². The van der Waals surface area contributed by atoms with E-state index < -0.39 is 0 Å². The number of ether oxygens (including phenoxy) is 4. The Kier molecular flexibility index (Phi) is 57.5. The number of benzene rings is 6. The normalized spacial score (nSPS) is 16.8.